The number of benzene rings is 1. The van der Waals surface area contributed by atoms with Gasteiger partial charge in [0, 0.05) is 37.0 Å². The number of anilines is 1. The van der Waals surface area contributed by atoms with Gasteiger partial charge in [0.1, 0.15) is 5.52 Å². The van der Waals surface area contributed by atoms with Gasteiger partial charge >= 0.3 is 0 Å². The first kappa shape index (κ1) is 21.0. The molecule has 1 aliphatic rings. The SMILES string of the molecule is Cc1cscc1-c1cccc2c1nnn2-c1ccnc(NC2CCN(S(C)(=O)=O)CC2)n1. The number of rotatable bonds is 5. The van der Waals surface area contributed by atoms with Crippen molar-refractivity contribution in [3.05, 3.63) is 46.8 Å². The minimum atomic E-state index is -3.15. The first-order valence-corrected chi connectivity index (χ1v) is 13.1. The van der Waals surface area contributed by atoms with Gasteiger partial charge in [0.15, 0.2) is 5.82 Å². The fraction of sp³-hybridized carbons (Fsp3) is 0.333. The largest absolute Gasteiger partial charge is 0.351 e. The molecular weight excluding hydrogens is 446 g/mol. The van der Waals surface area contributed by atoms with Crippen molar-refractivity contribution in [3.8, 4) is 16.9 Å². The van der Waals surface area contributed by atoms with Gasteiger partial charge in [-0.05, 0) is 47.7 Å². The van der Waals surface area contributed by atoms with E-state index in [9.17, 15) is 8.42 Å². The zero-order valence-electron chi connectivity index (χ0n) is 17.8. The summed E-state index contributed by atoms with van der Waals surface area (Å²) in [6, 6.07) is 7.96. The number of hydrogen-bond donors (Lipinski definition) is 1. The topological polar surface area (TPSA) is 106 Å². The molecule has 9 nitrogen and oxygen atoms in total. The summed E-state index contributed by atoms with van der Waals surface area (Å²) in [5, 5.41) is 16.4. The van der Waals surface area contributed by atoms with Crippen LogP contribution in [0.25, 0.3) is 28.0 Å². The molecule has 4 heterocycles. The second-order valence-corrected chi connectivity index (χ2v) is 10.7. The number of fused-ring (bicyclic) bond motifs is 1. The summed E-state index contributed by atoms with van der Waals surface area (Å²) in [6.45, 7) is 3.08. The van der Waals surface area contributed by atoms with E-state index in [1.165, 1.54) is 16.1 Å². The molecule has 0 aliphatic carbocycles. The average molecular weight is 470 g/mol. The number of sulfonamides is 1. The zero-order valence-corrected chi connectivity index (χ0v) is 19.4. The van der Waals surface area contributed by atoms with Crippen LogP contribution >= 0.6 is 11.3 Å². The lowest BCUT2D eigenvalue weighted by molar-refractivity contribution is 0.331. The predicted molar refractivity (Wildman–Crippen MR) is 126 cm³/mol. The van der Waals surface area contributed by atoms with E-state index in [2.05, 4.69) is 49.3 Å². The molecule has 3 aromatic heterocycles. The molecule has 1 aliphatic heterocycles. The molecule has 1 N–H and O–H groups in total. The highest BCUT2D eigenvalue weighted by Crippen LogP contribution is 2.32. The highest BCUT2D eigenvalue weighted by Gasteiger charge is 2.25. The van der Waals surface area contributed by atoms with E-state index in [1.54, 1.807) is 28.3 Å². The summed E-state index contributed by atoms with van der Waals surface area (Å²) in [5.41, 5.74) is 5.14. The maximum Gasteiger partial charge on any atom is 0.224 e. The van der Waals surface area contributed by atoms with E-state index in [0.717, 1.165) is 22.2 Å². The molecule has 0 radical (unpaired) electrons. The maximum atomic E-state index is 11.7. The Balaban J connectivity index is 1.40. The van der Waals surface area contributed by atoms with Crippen LogP contribution in [-0.2, 0) is 10.0 Å². The number of hydrogen-bond acceptors (Lipinski definition) is 8. The van der Waals surface area contributed by atoms with Gasteiger partial charge in [0.25, 0.3) is 0 Å². The zero-order chi connectivity index (χ0) is 22.3. The molecule has 11 heteroatoms. The van der Waals surface area contributed by atoms with Crippen LogP contribution in [0.15, 0.2) is 41.2 Å². The summed E-state index contributed by atoms with van der Waals surface area (Å²) >= 11 is 1.67. The highest BCUT2D eigenvalue weighted by molar-refractivity contribution is 7.88. The molecule has 1 fully saturated rings. The van der Waals surface area contributed by atoms with Crippen LogP contribution in [0.4, 0.5) is 5.95 Å². The van der Waals surface area contributed by atoms with Gasteiger partial charge < -0.3 is 5.32 Å². The van der Waals surface area contributed by atoms with Crippen LogP contribution in [0.1, 0.15) is 18.4 Å². The molecule has 0 unspecified atom stereocenters. The fourth-order valence-corrected chi connectivity index (χ4v) is 5.74. The van der Waals surface area contributed by atoms with Crippen LogP contribution in [0.2, 0.25) is 0 Å². The van der Waals surface area contributed by atoms with Crippen LogP contribution in [0, 0.1) is 6.92 Å². The van der Waals surface area contributed by atoms with Crippen LogP contribution in [0.3, 0.4) is 0 Å². The second-order valence-electron chi connectivity index (χ2n) is 7.96. The van der Waals surface area contributed by atoms with Crippen molar-refractivity contribution in [1.29, 1.82) is 0 Å². The lowest BCUT2D eigenvalue weighted by Crippen LogP contribution is -2.42. The number of aromatic nitrogens is 5. The minimum Gasteiger partial charge on any atom is -0.351 e. The number of aryl methyl sites for hydroxylation is 1. The first-order chi connectivity index (χ1) is 15.4. The Kier molecular flexibility index (Phi) is 5.39. The van der Waals surface area contributed by atoms with Crippen LogP contribution < -0.4 is 5.32 Å². The normalized spacial score (nSPS) is 15.9. The van der Waals surface area contributed by atoms with E-state index in [1.807, 2.05) is 12.1 Å². The van der Waals surface area contributed by atoms with Crippen molar-refractivity contribution < 1.29 is 8.42 Å². The fourth-order valence-electron chi connectivity index (χ4n) is 4.02. The maximum absolute atomic E-state index is 11.7. The van der Waals surface area contributed by atoms with Crippen molar-refractivity contribution in [2.75, 3.05) is 24.7 Å². The lowest BCUT2D eigenvalue weighted by atomic mass is 10.0. The van der Waals surface area contributed by atoms with Gasteiger partial charge in [-0.15, -0.1) is 5.10 Å². The minimum absolute atomic E-state index is 0.115. The van der Waals surface area contributed by atoms with E-state index in [4.69, 9.17) is 0 Å². The summed E-state index contributed by atoms with van der Waals surface area (Å²) in [6.07, 6.45) is 4.35. The number of piperidine rings is 1. The van der Waals surface area contributed by atoms with Crippen molar-refractivity contribution in [1.82, 2.24) is 29.3 Å². The molecule has 0 atom stereocenters. The van der Waals surface area contributed by atoms with E-state index < -0.39 is 10.0 Å². The Labute approximate surface area is 190 Å². The molecule has 0 saturated carbocycles. The van der Waals surface area contributed by atoms with Crippen molar-refractivity contribution in [2.24, 2.45) is 0 Å². The molecule has 1 saturated heterocycles. The predicted octanol–water partition coefficient (Wildman–Crippen LogP) is 3.08. The van der Waals surface area contributed by atoms with E-state index in [-0.39, 0.29) is 6.04 Å². The van der Waals surface area contributed by atoms with Gasteiger partial charge in [-0.3, -0.25) is 0 Å². The lowest BCUT2D eigenvalue weighted by Gasteiger charge is -2.30. The quantitative estimate of drug-likeness (QED) is 0.479. The number of nitrogens with zero attached hydrogens (tertiary/aromatic N) is 6. The number of nitrogens with one attached hydrogen (secondary N) is 1. The summed E-state index contributed by atoms with van der Waals surface area (Å²) in [5.74, 6) is 1.12. The van der Waals surface area contributed by atoms with Gasteiger partial charge in [-0.25, -0.2) is 17.7 Å². The van der Waals surface area contributed by atoms with Gasteiger partial charge in [0.05, 0.1) is 11.8 Å². The molecule has 0 bridgehead atoms. The van der Waals surface area contributed by atoms with Gasteiger partial charge in [0.2, 0.25) is 16.0 Å². The summed E-state index contributed by atoms with van der Waals surface area (Å²) < 4.78 is 26.7. The highest BCUT2D eigenvalue weighted by atomic mass is 32.2. The van der Waals surface area contributed by atoms with Gasteiger partial charge in [-0.2, -0.15) is 21.0 Å². The van der Waals surface area contributed by atoms with E-state index >= 15 is 0 Å². The third-order valence-corrected chi connectivity index (χ3v) is 7.90. The number of thiophene rings is 1. The Bertz CT molecular complexity index is 1370. The first-order valence-electron chi connectivity index (χ1n) is 10.3. The summed E-state index contributed by atoms with van der Waals surface area (Å²) in [4.78, 5) is 8.99. The molecular formula is C21H23N7O2S2. The Hall–Kier alpha value is -2.89. The molecule has 32 heavy (non-hydrogen) atoms. The Morgan fingerprint density at radius 3 is 2.66 bits per heavy atom. The summed E-state index contributed by atoms with van der Waals surface area (Å²) in [7, 11) is -3.15. The van der Waals surface area contributed by atoms with Gasteiger partial charge in [-0.1, -0.05) is 17.3 Å². The smallest absolute Gasteiger partial charge is 0.224 e. The Morgan fingerprint density at radius 2 is 1.94 bits per heavy atom. The molecule has 4 aromatic rings. The van der Waals surface area contributed by atoms with Crippen LogP contribution in [0.5, 0.6) is 0 Å². The molecule has 1 aromatic carbocycles. The monoisotopic (exact) mass is 469 g/mol. The molecule has 5 rings (SSSR count). The molecule has 0 spiro atoms. The van der Waals surface area contributed by atoms with Crippen molar-refractivity contribution >= 4 is 38.3 Å². The molecule has 166 valence electrons. The Morgan fingerprint density at radius 1 is 1.12 bits per heavy atom. The second kappa shape index (κ2) is 8.23. The van der Waals surface area contributed by atoms with Crippen LogP contribution in [-0.4, -0.2) is 63.1 Å². The van der Waals surface area contributed by atoms with Crippen molar-refractivity contribution in [2.45, 2.75) is 25.8 Å². The average Bonchev–Trinajstić information content (AvgIpc) is 3.40. The van der Waals surface area contributed by atoms with E-state index in [0.29, 0.717) is 37.7 Å². The molecule has 0 amide bonds. The van der Waals surface area contributed by atoms with Crippen molar-refractivity contribution in [3.63, 3.8) is 0 Å². The third kappa shape index (κ3) is 3.98. The third-order valence-electron chi connectivity index (χ3n) is 5.74. The standard InChI is InChI=1S/C21H23N7O2S2/c1-14-12-31-13-17(14)16-4-3-5-18-20(16)25-26-28(18)19-6-9-22-21(24-19)23-15-7-10-27(11-8-15)32(2,29)30/h3-6,9,12-13,15H,7-8,10-11H2,1-2H3,(H,22,23,24).